The maximum atomic E-state index is 12.4. The molecule has 0 saturated heterocycles. The number of hydrogen-bond donors (Lipinski definition) is 2. The molecule has 0 aliphatic heterocycles. The normalized spacial score (nSPS) is 12.1. The number of amides is 1. The summed E-state index contributed by atoms with van der Waals surface area (Å²) in [5.74, 6) is 0.858. The Labute approximate surface area is 136 Å². The SMILES string of the molecule is CCCC(CCO)CNC(=O)c1cnn(-c2ccccn2)c1C. The zero-order valence-electron chi connectivity index (χ0n) is 13.7. The van der Waals surface area contributed by atoms with Crippen molar-refractivity contribution in [3.05, 3.63) is 41.9 Å². The molecular weight excluding hydrogens is 292 g/mol. The molecule has 2 heterocycles. The fourth-order valence-electron chi connectivity index (χ4n) is 2.61. The lowest BCUT2D eigenvalue weighted by Crippen LogP contribution is -2.30. The number of pyridine rings is 1. The number of nitrogens with one attached hydrogen (secondary N) is 1. The second-order valence-electron chi connectivity index (χ2n) is 5.62. The highest BCUT2D eigenvalue weighted by Crippen LogP contribution is 2.13. The van der Waals surface area contributed by atoms with E-state index >= 15 is 0 Å². The fraction of sp³-hybridized carbons (Fsp3) is 0.471. The van der Waals surface area contributed by atoms with Crippen molar-refractivity contribution < 1.29 is 9.90 Å². The number of aliphatic hydroxyl groups is 1. The molecule has 0 bridgehead atoms. The molecule has 0 aliphatic rings. The van der Waals surface area contributed by atoms with Gasteiger partial charge in [-0.15, -0.1) is 0 Å². The Hall–Kier alpha value is -2.21. The van der Waals surface area contributed by atoms with E-state index in [9.17, 15) is 4.79 Å². The van der Waals surface area contributed by atoms with Gasteiger partial charge in [0.15, 0.2) is 5.82 Å². The number of rotatable bonds is 8. The van der Waals surface area contributed by atoms with Crippen molar-refractivity contribution in [2.24, 2.45) is 5.92 Å². The minimum Gasteiger partial charge on any atom is -0.396 e. The largest absolute Gasteiger partial charge is 0.396 e. The fourth-order valence-corrected chi connectivity index (χ4v) is 2.61. The third-order valence-electron chi connectivity index (χ3n) is 3.91. The Bertz CT molecular complexity index is 619. The molecule has 0 aliphatic carbocycles. The van der Waals surface area contributed by atoms with Crippen LogP contribution in [0.25, 0.3) is 5.82 Å². The van der Waals surface area contributed by atoms with Gasteiger partial charge in [-0.2, -0.15) is 5.10 Å². The number of carbonyl (C=O) groups is 1. The van der Waals surface area contributed by atoms with Gasteiger partial charge in [0.1, 0.15) is 0 Å². The summed E-state index contributed by atoms with van der Waals surface area (Å²) in [7, 11) is 0. The Morgan fingerprint density at radius 1 is 1.39 bits per heavy atom. The summed E-state index contributed by atoms with van der Waals surface area (Å²) in [6, 6.07) is 5.57. The molecule has 0 aromatic carbocycles. The third-order valence-corrected chi connectivity index (χ3v) is 3.91. The topological polar surface area (TPSA) is 80.0 Å². The summed E-state index contributed by atoms with van der Waals surface area (Å²) in [6.45, 7) is 4.68. The third kappa shape index (κ3) is 4.39. The molecule has 6 heteroatoms. The van der Waals surface area contributed by atoms with Gasteiger partial charge in [0, 0.05) is 19.3 Å². The van der Waals surface area contributed by atoms with Crippen LogP contribution in [0.15, 0.2) is 30.6 Å². The van der Waals surface area contributed by atoms with Crippen LogP contribution < -0.4 is 5.32 Å². The summed E-state index contributed by atoms with van der Waals surface area (Å²) >= 11 is 0. The second-order valence-corrected chi connectivity index (χ2v) is 5.62. The molecule has 2 rings (SSSR count). The second kappa shape index (κ2) is 8.43. The molecule has 0 spiro atoms. The molecule has 0 radical (unpaired) electrons. The van der Waals surface area contributed by atoms with Gasteiger partial charge in [-0.25, -0.2) is 9.67 Å². The van der Waals surface area contributed by atoms with Gasteiger partial charge in [-0.3, -0.25) is 4.79 Å². The number of aromatic nitrogens is 3. The van der Waals surface area contributed by atoms with Gasteiger partial charge in [-0.1, -0.05) is 19.4 Å². The Kier molecular flexibility index (Phi) is 6.29. The predicted molar refractivity (Wildman–Crippen MR) is 88.5 cm³/mol. The predicted octanol–water partition coefficient (Wildman–Crippen LogP) is 2.10. The van der Waals surface area contributed by atoms with E-state index in [1.807, 2.05) is 25.1 Å². The number of hydrogen-bond acceptors (Lipinski definition) is 4. The average Bonchev–Trinajstić information content (AvgIpc) is 2.95. The van der Waals surface area contributed by atoms with E-state index in [1.165, 1.54) is 0 Å². The molecule has 1 unspecified atom stereocenters. The quantitative estimate of drug-likeness (QED) is 0.781. The van der Waals surface area contributed by atoms with Crippen LogP contribution in [0.1, 0.15) is 42.2 Å². The Morgan fingerprint density at radius 3 is 2.87 bits per heavy atom. The highest BCUT2D eigenvalue weighted by molar-refractivity contribution is 5.95. The lowest BCUT2D eigenvalue weighted by atomic mass is 10.00. The van der Waals surface area contributed by atoms with Crippen molar-refractivity contribution in [3.63, 3.8) is 0 Å². The molecule has 2 aromatic rings. The zero-order valence-corrected chi connectivity index (χ0v) is 13.7. The van der Waals surface area contributed by atoms with E-state index in [1.54, 1.807) is 17.1 Å². The minimum atomic E-state index is -0.135. The number of nitrogens with zero attached hydrogens (tertiary/aromatic N) is 3. The van der Waals surface area contributed by atoms with Crippen LogP contribution >= 0.6 is 0 Å². The molecular formula is C17H24N4O2. The molecule has 124 valence electrons. The van der Waals surface area contributed by atoms with Crippen LogP contribution in [0.5, 0.6) is 0 Å². The summed E-state index contributed by atoms with van der Waals surface area (Å²) in [5, 5.41) is 16.3. The number of carbonyl (C=O) groups excluding carboxylic acids is 1. The van der Waals surface area contributed by atoms with Crippen LogP contribution in [0.4, 0.5) is 0 Å². The zero-order chi connectivity index (χ0) is 16.7. The van der Waals surface area contributed by atoms with Crippen LogP contribution in [-0.4, -0.2) is 38.9 Å². The lowest BCUT2D eigenvalue weighted by Gasteiger charge is -2.15. The molecule has 6 nitrogen and oxygen atoms in total. The van der Waals surface area contributed by atoms with E-state index in [0.717, 1.165) is 18.5 Å². The summed E-state index contributed by atoms with van der Waals surface area (Å²) < 4.78 is 1.66. The Balaban J connectivity index is 2.04. The molecule has 1 atom stereocenters. The van der Waals surface area contributed by atoms with Crippen molar-refractivity contribution in [2.75, 3.05) is 13.2 Å². The number of aliphatic hydroxyl groups excluding tert-OH is 1. The maximum absolute atomic E-state index is 12.4. The van der Waals surface area contributed by atoms with Gasteiger partial charge in [0.25, 0.3) is 5.91 Å². The monoisotopic (exact) mass is 316 g/mol. The molecule has 23 heavy (non-hydrogen) atoms. The van der Waals surface area contributed by atoms with Crippen molar-refractivity contribution in [3.8, 4) is 5.82 Å². The van der Waals surface area contributed by atoms with Gasteiger partial charge in [0.2, 0.25) is 0 Å². The van der Waals surface area contributed by atoms with Crippen LogP contribution in [0, 0.1) is 12.8 Å². The minimum absolute atomic E-state index is 0.135. The standard InChI is InChI=1S/C17H24N4O2/c1-3-6-14(8-10-22)11-19-17(23)15-12-20-21(13(15)2)16-7-4-5-9-18-16/h4-5,7,9,12,14,22H,3,6,8,10-11H2,1-2H3,(H,19,23). The maximum Gasteiger partial charge on any atom is 0.254 e. The van der Waals surface area contributed by atoms with Crippen LogP contribution in [0.2, 0.25) is 0 Å². The smallest absolute Gasteiger partial charge is 0.254 e. The van der Waals surface area contributed by atoms with E-state index in [0.29, 0.717) is 30.3 Å². The van der Waals surface area contributed by atoms with Crippen LogP contribution in [0.3, 0.4) is 0 Å². The van der Waals surface area contributed by atoms with Crippen molar-refractivity contribution in [1.82, 2.24) is 20.1 Å². The highest BCUT2D eigenvalue weighted by Gasteiger charge is 2.16. The van der Waals surface area contributed by atoms with Crippen molar-refractivity contribution in [1.29, 1.82) is 0 Å². The summed E-state index contributed by atoms with van der Waals surface area (Å²) in [4.78, 5) is 16.6. The van der Waals surface area contributed by atoms with Crippen LogP contribution in [-0.2, 0) is 0 Å². The Morgan fingerprint density at radius 2 is 2.22 bits per heavy atom. The van der Waals surface area contributed by atoms with E-state index in [4.69, 9.17) is 5.11 Å². The van der Waals surface area contributed by atoms with Gasteiger partial charge in [-0.05, 0) is 37.8 Å². The van der Waals surface area contributed by atoms with Crippen molar-refractivity contribution in [2.45, 2.75) is 33.1 Å². The molecule has 0 fully saturated rings. The molecule has 0 saturated carbocycles. The van der Waals surface area contributed by atoms with Gasteiger partial charge >= 0.3 is 0 Å². The molecule has 1 amide bonds. The highest BCUT2D eigenvalue weighted by atomic mass is 16.3. The first-order valence-electron chi connectivity index (χ1n) is 8.02. The first-order valence-corrected chi connectivity index (χ1v) is 8.02. The summed E-state index contributed by atoms with van der Waals surface area (Å²) in [6.07, 6.45) is 6.01. The summed E-state index contributed by atoms with van der Waals surface area (Å²) in [5.41, 5.74) is 1.31. The molecule has 2 N–H and O–H groups in total. The van der Waals surface area contributed by atoms with Crippen molar-refractivity contribution >= 4 is 5.91 Å². The van der Waals surface area contributed by atoms with Gasteiger partial charge < -0.3 is 10.4 Å². The average molecular weight is 316 g/mol. The first kappa shape index (κ1) is 17.1. The van der Waals surface area contributed by atoms with E-state index in [2.05, 4.69) is 22.3 Å². The lowest BCUT2D eigenvalue weighted by molar-refractivity contribution is 0.0942. The first-order chi connectivity index (χ1) is 11.2. The van der Waals surface area contributed by atoms with E-state index in [-0.39, 0.29) is 12.5 Å². The van der Waals surface area contributed by atoms with Gasteiger partial charge in [0.05, 0.1) is 17.5 Å². The van der Waals surface area contributed by atoms with E-state index < -0.39 is 0 Å². The molecule has 2 aromatic heterocycles.